The van der Waals surface area contributed by atoms with Crippen molar-refractivity contribution in [3.8, 4) is 0 Å². The molecule has 1 aliphatic heterocycles. The maximum Gasteiger partial charge on any atom is 0.192 e. The molecule has 1 aliphatic rings. The molecule has 0 spiro atoms. The molecule has 1 saturated heterocycles. The van der Waals surface area contributed by atoms with E-state index >= 15 is 0 Å². The molecule has 150 valence electrons. The second-order valence-electron chi connectivity index (χ2n) is 10.7. The Hall–Kier alpha value is 0.409. The van der Waals surface area contributed by atoms with Gasteiger partial charge in [0, 0.05) is 11.5 Å². The number of hydrogen-bond acceptors (Lipinski definition) is 3. The fraction of sp³-hybridized carbons (Fsp3) is 0.895. The Labute approximate surface area is 169 Å². The van der Waals surface area contributed by atoms with Crippen molar-refractivity contribution >= 4 is 36.1 Å². The Bertz CT molecular complexity index is 526. The van der Waals surface area contributed by atoms with Crippen LogP contribution in [0.1, 0.15) is 48.5 Å². The van der Waals surface area contributed by atoms with Gasteiger partial charge in [-0.15, -0.1) is 0 Å². The van der Waals surface area contributed by atoms with E-state index in [2.05, 4.69) is 67.7 Å². The maximum absolute atomic E-state index is 6.79. The van der Waals surface area contributed by atoms with Gasteiger partial charge < -0.3 is 13.6 Å². The van der Waals surface area contributed by atoms with Gasteiger partial charge in [0.25, 0.3) is 0 Å². The lowest BCUT2D eigenvalue weighted by atomic mass is 9.90. The molecule has 0 saturated carbocycles. The first-order valence-corrected chi connectivity index (χ1v) is 15.7. The van der Waals surface area contributed by atoms with Gasteiger partial charge in [-0.25, -0.2) is 0 Å². The third-order valence-electron chi connectivity index (χ3n) is 6.44. The van der Waals surface area contributed by atoms with Gasteiger partial charge in [0.15, 0.2) is 16.6 Å². The van der Waals surface area contributed by atoms with Crippen LogP contribution in [0.5, 0.6) is 0 Å². The average Bonchev–Trinajstić information content (AvgIpc) is 2.59. The van der Waals surface area contributed by atoms with Gasteiger partial charge in [-0.1, -0.05) is 53.1 Å². The summed E-state index contributed by atoms with van der Waals surface area (Å²) >= 11 is 5.92. The molecule has 3 nitrogen and oxygen atoms in total. The molecule has 4 atom stereocenters. The SMILES string of the molecule is [B][C@@H]1O[C@@](C)(/C=C\Cl)[C@H](O[Si](C)(C)C(C)(C)C)[C@H]1O[Si](C)(C)C(C)(C)C. The molecule has 0 unspecified atom stereocenters. The van der Waals surface area contributed by atoms with E-state index in [1.54, 1.807) is 0 Å². The van der Waals surface area contributed by atoms with Crippen LogP contribution in [0.3, 0.4) is 0 Å². The first kappa shape index (κ1) is 24.4. The zero-order valence-corrected chi connectivity index (χ0v) is 21.3. The minimum atomic E-state index is -2.06. The summed E-state index contributed by atoms with van der Waals surface area (Å²) in [5.41, 5.74) is 0.785. The standard InChI is InChI=1S/C19H38BClO3Si2/c1-17(2,3)25(8,9)23-14-15(24-26(10,11)18(4,5)6)19(7,12-13-21)22-16(14)20/h12-16H,1-11H3/b13-12-/t14-,15-,16-,19+/m1/s1. The highest BCUT2D eigenvalue weighted by Gasteiger charge is 2.56. The van der Waals surface area contributed by atoms with Crippen molar-refractivity contribution in [1.29, 1.82) is 0 Å². The van der Waals surface area contributed by atoms with Crippen LogP contribution in [-0.2, 0) is 13.6 Å². The molecular formula is C19H38BClO3Si2. The van der Waals surface area contributed by atoms with Crippen LogP contribution in [0.2, 0.25) is 36.3 Å². The first-order chi connectivity index (χ1) is 11.4. The molecule has 0 aromatic heterocycles. The molecule has 0 aromatic carbocycles. The van der Waals surface area contributed by atoms with E-state index in [-0.39, 0.29) is 22.3 Å². The first-order valence-electron chi connectivity index (χ1n) is 9.45. The second kappa shape index (κ2) is 7.68. The third kappa shape index (κ3) is 5.06. The number of rotatable bonds is 5. The van der Waals surface area contributed by atoms with Crippen molar-refractivity contribution in [3.05, 3.63) is 11.6 Å². The summed E-state index contributed by atoms with van der Waals surface area (Å²) in [7, 11) is 2.29. The van der Waals surface area contributed by atoms with Gasteiger partial charge >= 0.3 is 0 Å². The summed E-state index contributed by atoms with van der Waals surface area (Å²) < 4.78 is 19.6. The number of halogens is 1. The molecule has 0 N–H and O–H groups in total. The zero-order valence-electron chi connectivity index (χ0n) is 18.6. The smallest absolute Gasteiger partial charge is 0.192 e. The highest BCUT2D eigenvalue weighted by molar-refractivity contribution is 6.74. The average molecular weight is 417 g/mol. The molecule has 1 rings (SSSR count). The van der Waals surface area contributed by atoms with Crippen LogP contribution in [0.15, 0.2) is 11.6 Å². The van der Waals surface area contributed by atoms with Gasteiger partial charge in [-0.05, 0) is 49.3 Å². The lowest BCUT2D eigenvalue weighted by Crippen LogP contribution is -2.56. The van der Waals surface area contributed by atoms with Gasteiger partial charge in [0.05, 0.1) is 6.10 Å². The van der Waals surface area contributed by atoms with Gasteiger partial charge in [0.1, 0.15) is 19.6 Å². The Kier molecular flexibility index (Phi) is 7.22. The van der Waals surface area contributed by atoms with E-state index in [0.29, 0.717) is 0 Å². The molecule has 0 aliphatic carbocycles. The lowest BCUT2D eigenvalue weighted by Gasteiger charge is -2.45. The van der Waals surface area contributed by atoms with E-state index in [9.17, 15) is 0 Å². The third-order valence-corrected chi connectivity index (χ3v) is 15.5. The van der Waals surface area contributed by atoms with Crippen molar-refractivity contribution in [2.24, 2.45) is 0 Å². The molecular weight excluding hydrogens is 379 g/mol. The Morgan fingerprint density at radius 2 is 1.38 bits per heavy atom. The van der Waals surface area contributed by atoms with E-state index < -0.39 is 28.2 Å². The summed E-state index contributed by atoms with van der Waals surface area (Å²) in [5, 5.41) is 0.155. The van der Waals surface area contributed by atoms with E-state index in [1.165, 1.54) is 5.54 Å². The quantitative estimate of drug-likeness (QED) is 0.530. The fourth-order valence-corrected chi connectivity index (χ4v) is 5.41. The summed E-state index contributed by atoms with van der Waals surface area (Å²) in [4.78, 5) is 0. The van der Waals surface area contributed by atoms with Crippen molar-refractivity contribution in [2.75, 3.05) is 0 Å². The highest BCUT2D eigenvalue weighted by Crippen LogP contribution is 2.46. The van der Waals surface area contributed by atoms with Crippen LogP contribution < -0.4 is 0 Å². The summed E-state index contributed by atoms with van der Waals surface area (Å²) in [6, 6.07) is -0.545. The topological polar surface area (TPSA) is 27.7 Å². The molecule has 1 heterocycles. The lowest BCUT2D eigenvalue weighted by molar-refractivity contribution is -0.0131. The predicted octanol–water partition coefficient (Wildman–Crippen LogP) is 5.80. The number of hydrogen-bond donors (Lipinski definition) is 0. The van der Waals surface area contributed by atoms with Crippen molar-refractivity contribution in [3.63, 3.8) is 0 Å². The summed E-state index contributed by atoms with van der Waals surface area (Å²) in [5.74, 6) is 0. The van der Waals surface area contributed by atoms with Crippen molar-refractivity contribution in [2.45, 2.75) is 109 Å². The van der Waals surface area contributed by atoms with E-state index in [1.807, 2.05) is 13.0 Å². The summed E-state index contributed by atoms with van der Waals surface area (Å²) in [6.45, 7) is 24.3. The van der Waals surface area contributed by atoms with Crippen LogP contribution in [0, 0.1) is 0 Å². The van der Waals surface area contributed by atoms with Gasteiger partial charge in [-0.3, -0.25) is 0 Å². The van der Waals surface area contributed by atoms with Crippen molar-refractivity contribution in [1.82, 2.24) is 0 Å². The minimum absolute atomic E-state index is 0.0762. The normalized spacial score (nSPS) is 31.8. The Balaban J connectivity index is 3.30. The van der Waals surface area contributed by atoms with E-state index in [4.69, 9.17) is 33.0 Å². The minimum Gasteiger partial charge on any atom is -0.409 e. The summed E-state index contributed by atoms with van der Waals surface area (Å²) in [6.07, 6.45) is 1.23. The van der Waals surface area contributed by atoms with Gasteiger partial charge in [0.2, 0.25) is 0 Å². The van der Waals surface area contributed by atoms with Crippen molar-refractivity contribution < 1.29 is 13.6 Å². The predicted molar refractivity (Wildman–Crippen MR) is 118 cm³/mol. The van der Waals surface area contributed by atoms with Gasteiger partial charge in [-0.2, -0.15) is 0 Å². The fourth-order valence-electron chi connectivity index (χ4n) is 2.51. The molecule has 2 radical (unpaired) electrons. The Morgan fingerprint density at radius 1 is 0.962 bits per heavy atom. The number of ether oxygens (including phenoxy) is 1. The Morgan fingerprint density at radius 3 is 1.77 bits per heavy atom. The monoisotopic (exact) mass is 416 g/mol. The van der Waals surface area contributed by atoms with Crippen LogP contribution >= 0.6 is 11.6 Å². The van der Waals surface area contributed by atoms with Crippen LogP contribution in [0.4, 0.5) is 0 Å². The zero-order chi connectivity index (χ0) is 20.8. The largest absolute Gasteiger partial charge is 0.409 e. The van der Waals surface area contributed by atoms with Crippen LogP contribution in [-0.4, -0.2) is 48.3 Å². The highest BCUT2D eigenvalue weighted by atomic mass is 35.5. The molecule has 26 heavy (non-hydrogen) atoms. The molecule has 7 heteroatoms. The van der Waals surface area contributed by atoms with E-state index in [0.717, 1.165) is 0 Å². The molecule has 0 amide bonds. The second-order valence-corrected chi connectivity index (χ2v) is 20.5. The van der Waals surface area contributed by atoms with Crippen LogP contribution in [0.25, 0.3) is 0 Å². The molecule has 0 bridgehead atoms. The molecule has 0 aromatic rings. The maximum atomic E-state index is 6.79. The molecule has 1 fully saturated rings.